The number of carbonyl (C=O) groups excluding carboxylic acids is 1. The summed E-state index contributed by atoms with van der Waals surface area (Å²) in [5, 5.41) is -0.446. The Balaban J connectivity index is 3.27. The van der Waals surface area contributed by atoms with Gasteiger partial charge in [-0.15, -0.1) is 0 Å². The number of nitrogens with zero attached hydrogens (tertiary/aromatic N) is 1. The molecule has 0 unspecified atom stereocenters. The number of aryl methyl sites for hydroxylation is 1. The van der Waals surface area contributed by atoms with Gasteiger partial charge in [-0.05, 0) is 36.6 Å². The minimum absolute atomic E-state index is 0.446. The standard InChI is InChI=1S/C8H8ClNO/c1-5-3-10-4-7(6(5)2)8(9)11/h3-4H,1-2H3. The molecule has 0 saturated carbocycles. The highest BCUT2D eigenvalue weighted by molar-refractivity contribution is 6.67. The molecule has 0 aliphatic carbocycles. The predicted octanol–water partition coefficient (Wildman–Crippen LogP) is 2.08. The molecule has 0 N–H and O–H groups in total. The van der Waals surface area contributed by atoms with Crippen molar-refractivity contribution in [3.63, 3.8) is 0 Å². The van der Waals surface area contributed by atoms with E-state index in [0.29, 0.717) is 5.56 Å². The van der Waals surface area contributed by atoms with Crippen LogP contribution in [0.3, 0.4) is 0 Å². The Bertz CT molecular complexity index is 296. The Morgan fingerprint density at radius 1 is 1.45 bits per heavy atom. The van der Waals surface area contributed by atoms with Crippen molar-refractivity contribution in [1.29, 1.82) is 0 Å². The van der Waals surface area contributed by atoms with Crippen LogP contribution in [0.4, 0.5) is 0 Å². The maximum absolute atomic E-state index is 10.7. The van der Waals surface area contributed by atoms with Gasteiger partial charge in [0.25, 0.3) is 5.24 Å². The monoisotopic (exact) mass is 169 g/mol. The van der Waals surface area contributed by atoms with E-state index in [0.717, 1.165) is 11.1 Å². The molecule has 0 spiro atoms. The number of aromatic nitrogens is 1. The number of carbonyl (C=O) groups is 1. The van der Waals surface area contributed by atoms with Gasteiger partial charge in [-0.1, -0.05) is 0 Å². The topological polar surface area (TPSA) is 30.0 Å². The zero-order valence-corrected chi connectivity index (χ0v) is 7.14. The fraction of sp³-hybridized carbons (Fsp3) is 0.250. The number of hydrogen-bond donors (Lipinski definition) is 0. The first-order chi connectivity index (χ1) is 5.13. The summed E-state index contributed by atoms with van der Waals surface area (Å²) in [6, 6.07) is 0. The highest BCUT2D eigenvalue weighted by Gasteiger charge is 2.06. The summed E-state index contributed by atoms with van der Waals surface area (Å²) in [4.78, 5) is 14.6. The summed E-state index contributed by atoms with van der Waals surface area (Å²) in [5.41, 5.74) is 2.38. The second-order valence-electron chi connectivity index (χ2n) is 2.40. The van der Waals surface area contributed by atoms with Crippen LogP contribution in [0.15, 0.2) is 12.4 Å². The number of rotatable bonds is 1. The molecule has 0 atom stereocenters. The van der Waals surface area contributed by atoms with E-state index in [1.807, 2.05) is 13.8 Å². The molecule has 0 aromatic carbocycles. The molecule has 1 rings (SSSR count). The Kier molecular flexibility index (Phi) is 2.25. The summed E-state index contributed by atoms with van der Waals surface area (Å²) < 4.78 is 0. The van der Waals surface area contributed by atoms with Crippen molar-refractivity contribution in [3.05, 3.63) is 29.1 Å². The van der Waals surface area contributed by atoms with Crippen molar-refractivity contribution in [3.8, 4) is 0 Å². The normalized spacial score (nSPS) is 9.73. The largest absolute Gasteiger partial charge is 0.276 e. The molecule has 58 valence electrons. The third-order valence-corrected chi connectivity index (χ3v) is 1.88. The molecule has 0 saturated heterocycles. The molecular formula is C8H8ClNO. The summed E-state index contributed by atoms with van der Waals surface area (Å²) in [6.07, 6.45) is 3.19. The van der Waals surface area contributed by atoms with Gasteiger partial charge in [0.2, 0.25) is 0 Å². The van der Waals surface area contributed by atoms with Gasteiger partial charge in [-0.2, -0.15) is 0 Å². The summed E-state index contributed by atoms with van der Waals surface area (Å²) in [6.45, 7) is 3.75. The van der Waals surface area contributed by atoms with Crippen molar-refractivity contribution in [2.45, 2.75) is 13.8 Å². The molecule has 0 bridgehead atoms. The zero-order valence-electron chi connectivity index (χ0n) is 6.39. The Hall–Kier alpha value is -0.890. The summed E-state index contributed by atoms with van der Waals surface area (Å²) in [5.74, 6) is 0. The van der Waals surface area contributed by atoms with Crippen molar-refractivity contribution in [1.82, 2.24) is 4.98 Å². The first-order valence-corrected chi connectivity index (χ1v) is 3.61. The van der Waals surface area contributed by atoms with Crippen LogP contribution in [-0.4, -0.2) is 10.2 Å². The Morgan fingerprint density at radius 3 is 2.55 bits per heavy atom. The van der Waals surface area contributed by atoms with Crippen LogP contribution in [0, 0.1) is 13.8 Å². The summed E-state index contributed by atoms with van der Waals surface area (Å²) >= 11 is 5.30. The van der Waals surface area contributed by atoms with Gasteiger partial charge in [0.1, 0.15) is 0 Å². The fourth-order valence-corrected chi connectivity index (χ4v) is 1.02. The van der Waals surface area contributed by atoms with Crippen LogP contribution in [0.25, 0.3) is 0 Å². The zero-order chi connectivity index (χ0) is 8.43. The molecule has 0 aliphatic heterocycles. The molecule has 1 heterocycles. The maximum atomic E-state index is 10.7. The van der Waals surface area contributed by atoms with E-state index in [4.69, 9.17) is 11.6 Å². The molecule has 11 heavy (non-hydrogen) atoms. The first-order valence-electron chi connectivity index (χ1n) is 3.24. The summed E-state index contributed by atoms with van der Waals surface area (Å²) in [7, 11) is 0. The fourth-order valence-electron chi connectivity index (χ4n) is 0.828. The quantitative estimate of drug-likeness (QED) is 0.603. The van der Waals surface area contributed by atoms with E-state index >= 15 is 0 Å². The molecule has 2 nitrogen and oxygen atoms in total. The van der Waals surface area contributed by atoms with Crippen LogP contribution in [0.2, 0.25) is 0 Å². The SMILES string of the molecule is Cc1cncc(C(=O)Cl)c1C. The average molecular weight is 170 g/mol. The Labute approximate surface area is 70.2 Å². The number of hydrogen-bond acceptors (Lipinski definition) is 2. The smallest absolute Gasteiger partial charge is 0.254 e. The third-order valence-electron chi connectivity index (χ3n) is 1.68. The molecule has 1 aromatic heterocycles. The molecule has 1 aromatic rings. The molecule has 0 fully saturated rings. The van der Waals surface area contributed by atoms with Gasteiger partial charge < -0.3 is 0 Å². The van der Waals surface area contributed by atoms with Gasteiger partial charge in [-0.3, -0.25) is 9.78 Å². The van der Waals surface area contributed by atoms with Crippen LogP contribution in [-0.2, 0) is 0 Å². The van der Waals surface area contributed by atoms with Gasteiger partial charge in [-0.25, -0.2) is 0 Å². The van der Waals surface area contributed by atoms with E-state index in [2.05, 4.69) is 4.98 Å². The van der Waals surface area contributed by atoms with Gasteiger partial charge in [0, 0.05) is 12.4 Å². The molecule has 0 radical (unpaired) electrons. The van der Waals surface area contributed by atoms with E-state index in [9.17, 15) is 4.79 Å². The van der Waals surface area contributed by atoms with Crippen LogP contribution >= 0.6 is 11.6 Å². The number of pyridine rings is 1. The molecule has 0 aliphatic rings. The first kappa shape index (κ1) is 8.21. The van der Waals surface area contributed by atoms with Crippen LogP contribution < -0.4 is 0 Å². The third kappa shape index (κ3) is 1.57. The van der Waals surface area contributed by atoms with E-state index in [-0.39, 0.29) is 0 Å². The number of halogens is 1. The van der Waals surface area contributed by atoms with E-state index in [1.54, 1.807) is 6.20 Å². The van der Waals surface area contributed by atoms with E-state index < -0.39 is 5.24 Å². The highest BCUT2D eigenvalue weighted by Crippen LogP contribution is 2.12. The lowest BCUT2D eigenvalue weighted by Crippen LogP contribution is -1.96. The van der Waals surface area contributed by atoms with E-state index in [1.165, 1.54) is 6.20 Å². The second kappa shape index (κ2) is 3.01. The lowest BCUT2D eigenvalue weighted by molar-refractivity contribution is 0.108. The van der Waals surface area contributed by atoms with Crippen molar-refractivity contribution in [2.24, 2.45) is 0 Å². The van der Waals surface area contributed by atoms with Crippen molar-refractivity contribution >= 4 is 16.8 Å². The Morgan fingerprint density at radius 2 is 2.09 bits per heavy atom. The molecule has 0 amide bonds. The average Bonchev–Trinajstić information content (AvgIpc) is 1.94. The van der Waals surface area contributed by atoms with Crippen molar-refractivity contribution < 1.29 is 4.79 Å². The minimum Gasteiger partial charge on any atom is -0.276 e. The predicted molar refractivity (Wildman–Crippen MR) is 43.9 cm³/mol. The minimum atomic E-state index is -0.446. The van der Waals surface area contributed by atoms with Crippen LogP contribution in [0.5, 0.6) is 0 Å². The van der Waals surface area contributed by atoms with Crippen LogP contribution in [0.1, 0.15) is 21.5 Å². The molecule has 3 heteroatoms. The molecular weight excluding hydrogens is 162 g/mol. The van der Waals surface area contributed by atoms with Gasteiger partial charge >= 0.3 is 0 Å². The second-order valence-corrected chi connectivity index (χ2v) is 2.75. The lowest BCUT2D eigenvalue weighted by Gasteiger charge is -2.01. The van der Waals surface area contributed by atoms with Crippen molar-refractivity contribution in [2.75, 3.05) is 0 Å². The lowest BCUT2D eigenvalue weighted by atomic mass is 10.1. The van der Waals surface area contributed by atoms with Gasteiger partial charge in [0.15, 0.2) is 0 Å². The highest BCUT2D eigenvalue weighted by atomic mass is 35.5. The van der Waals surface area contributed by atoms with Gasteiger partial charge in [0.05, 0.1) is 5.56 Å². The maximum Gasteiger partial charge on any atom is 0.254 e.